The summed E-state index contributed by atoms with van der Waals surface area (Å²) in [6.45, 7) is 1.60. The van der Waals surface area contributed by atoms with Crippen LogP contribution in [0.15, 0.2) is 34.8 Å². The number of carbonyl (C=O) groups is 1. The molecular formula is C17H17BrN2O5. The van der Waals surface area contributed by atoms with Crippen molar-refractivity contribution in [2.24, 2.45) is 0 Å². The fraction of sp³-hybridized carbons (Fsp3) is 0.235. The Morgan fingerprint density at radius 2 is 1.88 bits per heavy atom. The van der Waals surface area contributed by atoms with Gasteiger partial charge in [0.05, 0.1) is 36.8 Å². The molecule has 1 amide bonds. The monoisotopic (exact) mass is 408 g/mol. The van der Waals surface area contributed by atoms with E-state index in [0.29, 0.717) is 32.8 Å². The number of halogens is 1. The molecule has 0 radical (unpaired) electrons. The van der Waals surface area contributed by atoms with E-state index in [-0.39, 0.29) is 18.0 Å². The van der Waals surface area contributed by atoms with E-state index in [2.05, 4.69) is 21.2 Å². The van der Waals surface area contributed by atoms with Crippen LogP contribution in [0.3, 0.4) is 0 Å². The summed E-state index contributed by atoms with van der Waals surface area (Å²) in [6, 6.07) is 8.00. The van der Waals surface area contributed by atoms with Crippen molar-refractivity contribution in [3.05, 3.63) is 56.0 Å². The van der Waals surface area contributed by atoms with Gasteiger partial charge in [0.1, 0.15) is 0 Å². The number of amides is 1. The molecule has 0 aromatic heterocycles. The third-order valence-electron chi connectivity index (χ3n) is 3.68. The van der Waals surface area contributed by atoms with Crippen molar-refractivity contribution in [1.82, 2.24) is 0 Å². The number of nitrogens with zero attached hydrogens (tertiary/aromatic N) is 1. The Kier molecular flexibility index (Phi) is 5.97. The van der Waals surface area contributed by atoms with Crippen molar-refractivity contribution >= 4 is 33.2 Å². The number of ether oxygens (including phenoxy) is 2. The Hall–Kier alpha value is -2.61. The Morgan fingerprint density at radius 1 is 1.24 bits per heavy atom. The van der Waals surface area contributed by atoms with E-state index in [4.69, 9.17) is 9.47 Å². The van der Waals surface area contributed by atoms with E-state index in [0.717, 1.165) is 0 Å². The van der Waals surface area contributed by atoms with Crippen LogP contribution in [0.4, 0.5) is 11.4 Å². The van der Waals surface area contributed by atoms with Gasteiger partial charge < -0.3 is 14.8 Å². The number of benzene rings is 2. The number of hydrogen-bond donors (Lipinski definition) is 1. The van der Waals surface area contributed by atoms with Crippen LogP contribution in [0.5, 0.6) is 11.5 Å². The maximum atomic E-state index is 12.3. The van der Waals surface area contributed by atoms with Crippen molar-refractivity contribution in [3.63, 3.8) is 0 Å². The molecule has 0 unspecified atom stereocenters. The van der Waals surface area contributed by atoms with Gasteiger partial charge in [-0.15, -0.1) is 0 Å². The molecule has 0 bridgehead atoms. The first-order valence-corrected chi connectivity index (χ1v) is 8.11. The van der Waals surface area contributed by atoms with E-state index in [9.17, 15) is 14.9 Å². The van der Waals surface area contributed by atoms with Crippen LogP contribution < -0.4 is 14.8 Å². The van der Waals surface area contributed by atoms with Gasteiger partial charge in [-0.3, -0.25) is 14.9 Å². The van der Waals surface area contributed by atoms with E-state index >= 15 is 0 Å². The first-order chi connectivity index (χ1) is 11.9. The second-order valence-electron chi connectivity index (χ2n) is 5.23. The quantitative estimate of drug-likeness (QED) is 0.578. The Bertz CT molecular complexity index is 823. The number of nitro benzene ring substituents is 1. The average molecular weight is 409 g/mol. The SMILES string of the molecule is COc1cc(Br)c(CC(=O)Nc2cccc([N+](=O)[O-])c2C)cc1OC. The molecule has 0 aliphatic rings. The van der Waals surface area contributed by atoms with Crippen molar-refractivity contribution < 1.29 is 19.2 Å². The van der Waals surface area contributed by atoms with E-state index in [1.54, 1.807) is 25.1 Å². The second kappa shape index (κ2) is 7.98. The van der Waals surface area contributed by atoms with E-state index < -0.39 is 4.92 Å². The van der Waals surface area contributed by atoms with Gasteiger partial charge in [0, 0.05) is 10.5 Å². The summed E-state index contributed by atoms with van der Waals surface area (Å²) in [6.07, 6.45) is 0.0725. The molecule has 0 aliphatic carbocycles. The summed E-state index contributed by atoms with van der Waals surface area (Å²) in [7, 11) is 3.05. The molecule has 1 N–H and O–H groups in total. The summed E-state index contributed by atoms with van der Waals surface area (Å²) in [5.74, 6) is 0.768. The smallest absolute Gasteiger partial charge is 0.274 e. The predicted molar refractivity (Wildman–Crippen MR) is 97.4 cm³/mol. The highest BCUT2D eigenvalue weighted by molar-refractivity contribution is 9.10. The number of hydrogen-bond acceptors (Lipinski definition) is 5. The van der Waals surface area contributed by atoms with Crippen LogP contribution >= 0.6 is 15.9 Å². The molecule has 0 saturated heterocycles. The number of methoxy groups -OCH3 is 2. The lowest BCUT2D eigenvalue weighted by molar-refractivity contribution is -0.385. The Labute approximate surface area is 153 Å². The van der Waals surface area contributed by atoms with Crippen LogP contribution in [0.2, 0.25) is 0 Å². The molecule has 0 spiro atoms. The molecule has 0 fully saturated rings. The highest BCUT2D eigenvalue weighted by Crippen LogP contribution is 2.33. The molecule has 7 nitrogen and oxygen atoms in total. The summed E-state index contributed by atoms with van der Waals surface area (Å²) < 4.78 is 11.1. The normalized spacial score (nSPS) is 10.2. The first-order valence-electron chi connectivity index (χ1n) is 7.31. The first kappa shape index (κ1) is 18.7. The van der Waals surface area contributed by atoms with Crippen LogP contribution in [0, 0.1) is 17.0 Å². The minimum Gasteiger partial charge on any atom is -0.493 e. The van der Waals surface area contributed by atoms with Crippen LogP contribution in [0.1, 0.15) is 11.1 Å². The number of carbonyl (C=O) groups excluding carboxylic acids is 1. The van der Waals surface area contributed by atoms with Gasteiger partial charge in [0.15, 0.2) is 11.5 Å². The zero-order chi connectivity index (χ0) is 18.6. The minimum atomic E-state index is -0.476. The number of nitrogens with one attached hydrogen (secondary N) is 1. The van der Waals surface area contributed by atoms with Crippen LogP contribution in [0.25, 0.3) is 0 Å². The molecule has 0 aliphatic heterocycles. The lowest BCUT2D eigenvalue weighted by atomic mass is 10.1. The molecule has 2 aromatic rings. The van der Waals surface area contributed by atoms with Crippen LogP contribution in [-0.2, 0) is 11.2 Å². The molecular weight excluding hydrogens is 392 g/mol. The summed E-state index contributed by atoms with van der Waals surface area (Å²) in [5.41, 5.74) is 1.49. The highest BCUT2D eigenvalue weighted by Gasteiger charge is 2.16. The lowest BCUT2D eigenvalue weighted by Gasteiger charge is -2.13. The number of nitro groups is 1. The third kappa shape index (κ3) is 4.27. The topological polar surface area (TPSA) is 90.7 Å². The Morgan fingerprint density at radius 3 is 2.48 bits per heavy atom. The fourth-order valence-corrected chi connectivity index (χ4v) is 2.82. The lowest BCUT2D eigenvalue weighted by Crippen LogP contribution is -2.16. The predicted octanol–water partition coefficient (Wildman–Crippen LogP) is 3.86. The molecule has 0 heterocycles. The van der Waals surface area contributed by atoms with E-state index in [1.165, 1.54) is 26.4 Å². The Balaban J connectivity index is 2.21. The zero-order valence-corrected chi connectivity index (χ0v) is 15.5. The van der Waals surface area contributed by atoms with Gasteiger partial charge in [0.2, 0.25) is 5.91 Å². The van der Waals surface area contributed by atoms with Crippen molar-refractivity contribution in [1.29, 1.82) is 0 Å². The standard InChI is InChI=1S/C17H17BrN2O5/c1-10-13(5-4-6-14(10)20(22)23)19-17(21)8-11-7-15(24-2)16(25-3)9-12(11)18/h4-7,9H,8H2,1-3H3,(H,19,21). The highest BCUT2D eigenvalue weighted by atomic mass is 79.9. The van der Waals surface area contributed by atoms with Gasteiger partial charge in [0.25, 0.3) is 5.69 Å². The molecule has 8 heteroatoms. The van der Waals surface area contributed by atoms with Crippen molar-refractivity contribution in [2.45, 2.75) is 13.3 Å². The van der Waals surface area contributed by atoms with Crippen LogP contribution in [-0.4, -0.2) is 25.1 Å². The molecule has 132 valence electrons. The minimum absolute atomic E-state index is 0.0369. The molecule has 25 heavy (non-hydrogen) atoms. The third-order valence-corrected chi connectivity index (χ3v) is 4.42. The second-order valence-corrected chi connectivity index (χ2v) is 6.08. The summed E-state index contributed by atoms with van der Waals surface area (Å²) >= 11 is 3.41. The van der Waals surface area contributed by atoms with Gasteiger partial charge in [-0.25, -0.2) is 0 Å². The van der Waals surface area contributed by atoms with Gasteiger partial charge in [-0.05, 0) is 30.7 Å². The van der Waals surface area contributed by atoms with Crippen molar-refractivity contribution in [3.8, 4) is 11.5 Å². The van der Waals surface area contributed by atoms with Gasteiger partial charge >= 0.3 is 0 Å². The fourth-order valence-electron chi connectivity index (χ4n) is 2.36. The summed E-state index contributed by atoms with van der Waals surface area (Å²) in [4.78, 5) is 22.9. The molecule has 2 rings (SSSR count). The van der Waals surface area contributed by atoms with E-state index in [1.807, 2.05) is 0 Å². The molecule has 0 saturated carbocycles. The van der Waals surface area contributed by atoms with Crippen molar-refractivity contribution in [2.75, 3.05) is 19.5 Å². The summed E-state index contributed by atoms with van der Waals surface area (Å²) in [5, 5.41) is 13.7. The number of rotatable bonds is 6. The van der Waals surface area contributed by atoms with Gasteiger partial charge in [-0.2, -0.15) is 0 Å². The molecule has 2 aromatic carbocycles. The maximum Gasteiger partial charge on any atom is 0.274 e. The zero-order valence-electron chi connectivity index (χ0n) is 14.0. The van der Waals surface area contributed by atoms with Gasteiger partial charge in [-0.1, -0.05) is 22.0 Å². The number of anilines is 1. The maximum absolute atomic E-state index is 12.3. The average Bonchev–Trinajstić information content (AvgIpc) is 2.57. The largest absolute Gasteiger partial charge is 0.493 e. The molecule has 0 atom stereocenters.